The Bertz CT molecular complexity index is 746. The number of nitrogens with zero attached hydrogens (tertiary/aromatic N) is 4. The summed E-state index contributed by atoms with van der Waals surface area (Å²) in [7, 11) is 0. The molecule has 1 saturated heterocycles. The molecule has 1 aromatic heterocycles. The summed E-state index contributed by atoms with van der Waals surface area (Å²) >= 11 is 0. The van der Waals surface area contributed by atoms with Crippen molar-refractivity contribution in [3.8, 4) is 11.5 Å². The average molecular weight is 357 g/mol. The van der Waals surface area contributed by atoms with Gasteiger partial charge in [-0.1, -0.05) is 23.4 Å². The first-order chi connectivity index (χ1) is 12.6. The van der Waals surface area contributed by atoms with E-state index in [1.807, 2.05) is 30.3 Å². The van der Waals surface area contributed by atoms with Gasteiger partial charge >= 0.3 is 6.03 Å². The number of rotatable bonds is 4. The molecule has 26 heavy (non-hydrogen) atoms. The topological polar surface area (TPSA) is 91.6 Å². The largest absolute Gasteiger partial charge is 0.341 e. The van der Waals surface area contributed by atoms with E-state index in [9.17, 15) is 9.59 Å². The van der Waals surface area contributed by atoms with E-state index in [1.165, 1.54) is 0 Å². The van der Waals surface area contributed by atoms with Gasteiger partial charge in [-0.2, -0.15) is 4.98 Å². The highest BCUT2D eigenvalue weighted by atomic mass is 16.5. The van der Waals surface area contributed by atoms with Gasteiger partial charge in [0.1, 0.15) is 0 Å². The average Bonchev–Trinajstić information content (AvgIpc) is 2.97. The van der Waals surface area contributed by atoms with Crippen LogP contribution in [0.3, 0.4) is 0 Å². The van der Waals surface area contributed by atoms with Crippen LogP contribution in [0.2, 0.25) is 0 Å². The number of carbonyl (C=O) groups excluding carboxylic acids is 2. The molecular formula is C18H23N5O3. The zero-order chi connectivity index (χ0) is 18.4. The van der Waals surface area contributed by atoms with Gasteiger partial charge in [-0.3, -0.25) is 4.79 Å². The second-order valence-corrected chi connectivity index (χ2v) is 6.21. The highest BCUT2D eigenvalue weighted by Crippen LogP contribution is 2.16. The Kier molecular flexibility index (Phi) is 5.83. The van der Waals surface area contributed by atoms with Crippen molar-refractivity contribution in [1.29, 1.82) is 0 Å². The SMILES string of the molecule is CC(=O)N1CCCN(C(=O)NCCc2noc(-c3ccccc3)n2)CC1. The molecule has 3 amide bonds. The third kappa shape index (κ3) is 4.59. The molecule has 8 nitrogen and oxygen atoms in total. The van der Waals surface area contributed by atoms with Crippen LogP contribution in [0.1, 0.15) is 19.2 Å². The molecule has 0 bridgehead atoms. The molecule has 0 atom stereocenters. The van der Waals surface area contributed by atoms with E-state index in [4.69, 9.17) is 4.52 Å². The summed E-state index contributed by atoms with van der Waals surface area (Å²) in [5, 5.41) is 6.83. The molecule has 1 fully saturated rings. The van der Waals surface area contributed by atoms with Crippen molar-refractivity contribution < 1.29 is 14.1 Å². The Morgan fingerprint density at radius 1 is 1.12 bits per heavy atom. The van der Waals surface area contributed by atoms with Crippen molar-refractivity contribution in [2.45, 2.75) is 19.8 Å². The van der Waals surface area contributed by atoms with Crippen molar-refractivity contribution in [2.75, 3.05) is 32.7 Å². The minimum atomic E-state index is -0.123. The Morgan fingerprint density at radius 2 is 1.85 bits per heavy atom. The Labute approximate surface area is 152 Å². The van der Waals surface area contributed by atoms with Gasteiger partial charge in [-0.25, -0.2) is 4.79 Å². The predicted molar refractivity (Wildman–Crippen MR) is 95.3 cm³/mol. The summed E-state index contributed by atoms with van der Waals surface area (Å²) in [4.78, 5) is 31.6. The zero-order valence-electron chi connectivity index (χ0n) is 14.9. The minimum absolute atomic E-state index is 0.0542. The lowest BCUT2D eigenvalue weighted by molar-refractivity contribution is -0.128. The van der Waals surface area contributed by atoms with Gasteiger partial charge < -0.3 is 19.6 Å². The van der Waals surface area contributed by atoms with E-state index in [0.29, 0.717) is 50.9 Å². The maximum Gasteiger partial charge on any atom is 0.317 e. The number of carbonyl (C=O) groups is 2. The molecule has 0 unspecified atom stereocenters. The van der Waals surface area contributed by atoms with Crippen LogP contribution in [0.25, 0.3) is 11.5 Å². The van der Waals surface area contributed by atoms with Crippen LogP contribution < -0.4 is 5.32 Å². The number of hydrogen-bond acceptors (Lipinski definition) is 5. The number of benzene rings is 1. The number of nitrogens with one attached hydrogen (secondary N) is 1. The summed E-state index contributed by atoms with van der Waals surface area (Å²) in [6, 6.07) is 9.43. The molecule has 1 aromatic carbocycles. The summed E-state index contributed by atoms with van der Waals surface area (Å²) in [6.07, 6.45) is 1.29. The quantitative estimate of drug-likeness (QED) is 0.896. The van der Waals surface area contributed by atoms with Gasteiger partial charge in [0.25, 0.3) is 5.89 Å². The van der Waals surface area contributed by atoms with Gasteiger partial charge in [0, 0.05) is 51.6 Å². The maximum absolute atomic E-state index is 12.3. The fraction of sp³-hybridized carbons (Fsp3) is 0.444. The zero-order valence-corrected chi connectivity index (χ0v) is 14.9. The van der Waals surface area contributed by atoms with Gasteiger partial charge in [-0.05, 0) is 18.6 Å². The van der Waals surface area contributed by atoms with Gasteiger partial charge in [0.2, 0.25) is 5.91 Å². The van der Waals surface area contributed by atoms with E-state index in [1.54, 1.807) is 16.7 Å². The van der Waals surface area contributed by atoms with Crippen LogP contribution in [0.15, 0.2) is 34.9 Å². The molecule has 8 heteroatoms. The lowest BCUT2D eigenvalue weighted by Crippen LogP contribution is -2.43. The Hall–Kier alpha value is -2.90. The van der Waals surface area contributed by atoms with Crippen molar-refractivity contribution in [3.05, 3.63) is 36.2 Å². The third-order valence-electron chi connectivity index (χ3n) is 4.34. The number of hydrogen-bond donors (Lipinski definition) is 1. The van der Waals surface area contributed by atoms with Gasteiger partial charge in [-0.15, -0.1) is 0 Å². The Balaban J connectivity index is 1.45. The molecule has 1 N–H and O–H groups in total. The summed E-state index contributed by atoms with van der Waals surface area (Å²) in [5.74, 6) is 1.09. The van der Waals surface area contributed by atoms with E-state index in [-0.39, 0.29) is 11.9 Å². The van der Waals surface area contributed by atoms with E-state index < -0.39 is 0 Å². The second-order valence-electron chi connectivity index (χ2n) is 6.21. The number of aromatic nitrogens is 2. The smallest absolute Gasteiger partial charge is 0.317 e. The fourth-order valence-corrected chi connectivity index (χ4v) is 2.88. The highest BCUT2D eigenvalue weighted by molar-refractivity contribution is 5.75. The van der Waals surface area contributed by atoms with Crippen LogP contribution in [0, 0.1) is 0 Å². The fourth-order valence-electron chi connectivity index (χ4n) is 2.88. The molecule has 0 aliphatic carbocycles. The molecule has 0 radical (unpaired) electrons. The lowest BCUT2D eigenvalue weighted by Gasteiger charge is -2.21. The number of amides is 3. The predicted octanol–water partition coefficient (Wildman–Crippen LogP) is 1.54. The maximum atomic E-state index is 12.3. The Morgan fingerprint density at radius 3 is 2.62 bits per heavy atom. The van der Waals surface area contributed by atoms with Crippen molar-refractivity contribution >= 4 is 11.9 Å². The molecule has 2 heterocycles. The summed E-state index contributed by atoms with van der Waals surface area (Å²) in [5.41, 5.74) is 0.870. The van der Waals surface area contributed by atoms with E-state index in [0.717, 1.165) is 12.0 Å². The normalized spacial score (nSPS) is 14.8. The highest BCUT2D eigenvalue weighted by Gasteiger charge is 2.20. The van der Waals surface area contributed by atoms with Crippen molar-refractivity contribution in [2.24, 2.45) is 0 Å². The molecule has 138 valence electrons. The van der Waals surface area contributed by atoms with Crippen molar-refractivity contribution in [1.82, 2.24) is 25.3 Å². The van der Waals surface area contributed by atoms with E-state index in [2.05, 4.69) is 15.5 Å². The summed E-state index contributed by atoms with van der Waals surface area (Å²) < 4.78 is 5.25. The minimum Gasteiger partial charge on any atom is -0.341 e. The van der Waals surface area contributed by atoms with Crippen LogP contribution in [0.4, 0.5) is 4.79 Å². The molecular weight excluding hydrogens is 334 g/mol. The van der Waals surface area contributed by atoms with Crippen LogP contribution in [-0.2, 0) is 11.2 Å². The lowest BCUT2D eigenvalue weighted by atomic mass is 10.2. The first kappa shape index (κ1) is 17.9. The summed E-state index contributed by atoms with van der Waals surface area (Å²) in [6.45, 7) is 4.46. The molecule has 0 spiro atoms. The molecule has 3 rings (SSSR count). The van der Waals surface area contributed by atoms with Gasteiger partial charge in [0.15, 0.2) is 5.82 Å². The number of urea groups is 1. The first-order valence-corrected chi connectivity index (χ1v) is 8.80. The van der Waals surface area contributed by atoms with Crippen molar-refractivity contribution in [3.63, 3.8) is 0 Å². The second kappa shape index (κ2) is 8.46. The monoisotopic (exact) mass is 357 g/mol. The molecule has 1 aliphatic heterocycles. The van der Waals surface area contributed by atoms with Crippen LogP contribution in [0.5, 0.6) is 0 Å². The third-order valence-corrected chi connectivity index (χ3v) is 4.34. The molecule has 2 aromatic rings. The molecule has 1 aliphatic rings. The van der Waals surface area contributed by atoms with Crippen LogP contribution >= 0.6 is 0 Å². The van der Waals surface area contributed by atoms with Crippen LogP contribution in [-0.4, -0.2) is 64.6 Å². The molecule has 0 saturated carbocycles. The standard InChI is InChI=1S/C18H23N5O3/c1-14(24)22-10-5-11-23(13-12-22)18(25)19-9-8-16-20-17(26-21-16)15-6-3-2-4-7-15/h2-4,6-7H,5,8-13H2,1H3,(H,19,25). The van der Waals surface area contributed by atoms with E-state index >= 15 is 0 Å². The van der Waals surface area contributed by atoms with Gasteiger partial charge in [0.05, 0.1) is 0 Å². The first-order valence-electron chi connectivity index (χ1n) is 8.80.